The van der Waals surface area contributed by atoms with Crippen molar-refractivity contribution in [3.63, 3.8) is 0 Å². The van der Waals surface area contributed by atoms with E-state index in [0.29, 0.717) is 0 Å². The molecule has 3 rings (SSSR count). The van der Waals surface area contributed by atoms with Crippen LogP contribution in [0.4, 0.5) is 0 Å². The van der Waals surface area contributed by atoms with Crippen molar-refractivity contribution in [2.75, 3.05) is 0 Å². The van der Waals surface area contributed by atoms with Crippen molar-refractivity contribution in [2.45, 2.75) is 20.8 Å². The summed E-state index contributed by atoms with van der Waals surface area (Å²) in [5, 5.41) is 6.59. The smallest absolute Gasteiger partial charge is 0.161 e. The number of fused-ring (bicyclic) bond motifs is 1. The Labute approximate surface area is 107 Å². The zero-order valence-corrected chi connectivity index (χ0v) is 11.0. The fraction of sp³-hybridized carbons (Fsp3) is 0.200. The molecule has 3 heteroatoms. The fourth-order valence-corrected chi connectivity index (χ4v) is 1.81. The second-order valence-electron chi connectivity index (χ2n) is 3.82. The van der Waals surface area contributed by atoms with E-state index in [1.54, 1.807) is 0 Å². The van der Waals surface area contributed by atoms with E-state index in [1.807, 2.05) is 62.2 Å². The molecule has 0 aliphatic heterocycles. The summed E-state index contributed by atoms with van der Waals surface area (Å²) in [7, 11) is 0. The lowest BCUT2D eigenvalue weighted by Gasteiger charge is -2.04. The Bertz CT molecular complexity index is 636. The van der Waals surface area contributed by atoms with E-state index >= 15 is 0 Å². The van der Waals surface area contributed by atoms with Crippen LogP contribution in [0.3, 0.4) is 0 Å². The van der Waals surface area contributed by atoms with E-state index in [4.69, 9.17) is 0 Å². The van der Waals surface area contributed by atoms with Gasteiger partial charge in [-0.3, -0.25) is 0 Å². The Kier molecular flexibility index (Phi) is 3.72. The van der Waals surface area contributed by atoms with Crippen molar-refractivity contribution in [3.8, 4) is 5.82 Å². The molecule has 0 radical (unpaired) electrons. The van der Waals surface area contributed by atoms with Crippen LogP contribution in [0.15, 0.2) is 48.9 Å². The average Bonchev–Trinajstić information content (AvgIpc) is 2.87. The highest BCUT2D eigenvalue weighted by Gasteiger charge is 2.04. The molecule has 0 unspecified atom stereocenters. The maximum absolute atomic E-state index is 4.39. The first-order chi connectivity index (χ1) is 8.84. The Hall–Kier alpha value is -2.16. The molecule has 2 heterocycles. The number of aromatic nitrogens is 3. The second-order valence-corrected chi connectivity index (χ2v) is 3.82. The topological polar surface area (TPSA) is 30.7 Å². The summed E-state index contributed by atoms with van der Waals surface area (Å²) >= 11 is 0. The molecule has 3 nitrogen and oxygen atoms in total. The molecule has 0 atom stereocenters. The molecule has 0 spiro atoms. The largest absolute Gasteiger partial charge is 0.237 e. The first kappa shape index (κ1) is 12.3. The standard InChI is InChI=1S/C13H11N3.C2H6/c1-10-8-15-16(9-10)13-12-5-3-2-4-11(12)6-7-14-13;1-2/h2-9H,1H3;1-2H3. The van der Waals surface area contributed by atoms with Crippen LogP contribution in [-0.2, 0) is 0 Å². The average molecular weight is 239 g/mol. The first-order valence-corrected chi connectivity index (χ1v) is 6.20. The maximum Gasteiger partial charge on any atom is 0.161 e. The van der Waals surface area contributed by atoms with Gasteiger partial charge in [-0.1, -0.05) is 38.1 Å². The molecule has 0 saturated carbocycles. The van der Waals surface area contributed by atoms with Gasteiger partial charge in [-0.25, -0.2) is 9.67 Å². The Morgan fingerprint density at radius 1 is 1.06 bits per heavy atom. The van der Waals surface area contributed by atoms with Gasteiger partial charge in [-0.05, 0) is 23.9 Å². The number of benzene rings is 1. The van der Waals surface area contributed by atoms with E-state index < -0.39 is 0 Å². The van der Waals surface area contributed by atoms with Crippen molar-refractivity contribution in [3.05, 3.63) is 54.5 Å². The highest BCUT2D eigenvalue weighted by molar-refractivity contribution is 5.88. The summed E-state index contributed by atoms with van der Waals surface area (Å²) in [6.45, 7) is 6.02. The molecule has 0 aliphatic rings. The Morgan fingerprint density at radius 2 is 1.83 bits per heavy atom. The van der Waals surface area contributed by atoms with E-state index in [0.717, 1.165) is 16.8 Å². The van der Waals surface area contributed by atoms with E-state index in [9.17, 15) is 0 Å². The zero-order chi connectivity index (χ0) is 13.0. The van der Waals surface area contributed by atoms with Crippen LogP contribution >= 0.6 is 0 Å². The summed E-state index contributed by atoms with van der Waals surface area (Å²) in [5.41, 5.74) is 1.13. The minimum absolute atomic E-state index is 0.881. The molecule has 2 aromatic heterocycles. The van der Waals surface area contributed by atoms with Gasteiger partial charge in [0.25, 0.3) is 0 Å². The molecule has 92 valence electrons. The van der Waals surface area contributed by atoms with Crippen molar-refractivity contribution >= 4 is 10.8 Å². The number of hydrogen-bond donors (Lipinski definition) is 0. The summed E-state index contributed by atoms with van der Waals surface area (Å²) in [6.07, 6.45) is 5.63. The van der Waals surface area contributed by atoms with Gasteiger partial charge in [0.2, 0.25) is 0 Å². The molecule has 1 aromatic carbocycles. The van der Waals surface area contributed by atoms with E-state index in [1.165, 1.54) is 5.39 Å². The number of hydrogen-bond acceptors (Lipinski definition) is 2. The third kappa shape index (κ3) is 2.25. The van der Waals surface area contributed by atoms with Crippen molar-refractivity contribution in [1.29, 1.82) is 0 Å². The van der Waals surface area contributed by atoms with Crippen molar-refractivity contribution < 1.29 is 0 Å². The summed E-state index contributed by atoms with van der Waals surface area (Å²) in [5.74, 6) is 0.881. The maximum atomic E-state index is 4.39. The van der Waals surface area contributed by atoms with E-state index in [2.05, 4.69) is 22.2 Å². The molecule has 0 aliphatic carbocycles. The van der Waals surface area contributed by atoms with Crippen LogP contribution in [0.5, 0.6) is 0 Å². The molecule has 3 aromatic rings. The molecule has 0 amide bonds. The zero-order valence-electron chi connectivity index (χ0n) is 11.0. The molecular formula is C15H17N3. The summed E-state index contributed by atoms with van der Waals surface area (Å²) < 4.78 is 1.82. The fourth-order valence-electron chi connectivity index (χ4n) is 1.81. The molecule has 0 bridgehead atoms. The quantitative estimate of drug-likeness (QED) is 0.647. The summed E-state index contributed by atoms with van der Waals surface area (Å²) in [6, 6.07) is 10.2. The number of aryl methyl sites for hydroxylation is 1. The highest BCUT2D eigenvalue weighted by atomic mass is 15.3. The van der Waals surface area contributed by atoms with Crippen molar-refractivity contribution in [1.82, 2.24) is 14.8 Å². The number of pyridine rings is 1. The minimum Gasteiger partial charge on any atom is -0.237 e. The van der Waals surface area contributed by atoms with Gasteiger partial charge in [0.15, 0.2) is 5.82 Å². The van der Waals surface area contributed by atoms with Crippen LogP contribution < -0.4 is 0 Å². The normalized spacial score (nSPS) is 9.94. The number of nitrogens with zero attached hydrogens (tertiary/aromatic N) is 3. The SMILES string of the molecule is CC.Cc1cnn(-c2nccc3ccccc23)c1. The monoisotopic (exact) mass is 239 g/mol. The predicted molar refractivity (Wildman–Crippen MR) is 75.0 cm³/mol. The molecule has 0 saturated heterocycles. The lowest BCUT2D eigenvalue weighted by molar-refractivity contribution is 0.855. The van der Waals surface area contributed by atoms with Gasteiger partial charge in [0.1, 0.15) is 0 Å². The molecular weight excluding hydrogens is 222 g/mol. The van der Waals surface area contributed by atoms with E-state index in [-0.39, 0.29) is 0 Å². The van der Waals surface area contributed by atoms with Gasteiger partial charge < -0.3 is 0 Å². The minimum atomic E-state index is 0.881. The highest BCUT2D eigenvalue weighted by Crippen LogP contribution is 2.19. The summed E-state index contributed by atoms with van der Waals surface area (Å²) in [4.78, 5) is 4.39. The van der Waals surface area contributed by atoms with Crippen LogP contribution in [0.2, 0.25) is 0 Å². The molecule has 0 N–H and O–H groups in total. The van der Waals surface area contributed by atoms with Gasteiger partial charge >= 0.3 is 0 Å². The third-order valence-corrected chi connectivity index (χ3v) is 2.58. The lowest BCUT2D eigenvalue weighted by Crippen LogP contribution is -1.98. The van der Waals surface area contributed by atoms with Gasteiger partial charge in [0, 0.05) is 17.8 Å². The molecule has 18 heavy (non-hydrogen) atoms. The lowest BCUT2D eigenvalue weighted by atomic mass is 10.1. The first-order valence-electron chi connectivity index (χ1n) is 6.20. The van der Waals surface area contributed by atoms with Crippen LogP contribution in [0, 0.1) is 6.92 Å². The predicted octanol–water partition coefficient (Wildman–Crippen LogP) is 3.76. The third-order valence-electron chi connectivity index (χ3n) is 2.58. The van der Waals surface area contributed by atoms with Gasteiger partial charge in [0.05, 0.1) is 6.20 Å². The Balaban J connectivity index is 0.000000574. The van der Waals surface area contributed by atoms with Crippen LogP contribution in [-0.4, -0.2) is 14.8 Å². The number of rotatable bonds is 1. The second kappa shape index (κ2) is 5.45. The van der Waals surface area contributed by atoms with Crippen LogP contribution in [0.25, 0.3) is 16.6 Å². The van der Waals surface area contributed by atoms with Crippen LogP contribution in [0.1, 0.15) is 19.4 Å². The molecule has 0 fully saturated rings. The van der Waals surface area contributed by atoms with Gasteiger partial charge in [-0.15, -0.1) is 0 Å². The Morgan fingerprint density at radius 3 is 2.56 bits per heavy atom. The van der Waals surface area contributed by atoms with Crippen molar-refractivity contribution in [2.24, 2.45) is 0 Å². The van der Waals surface area contributed by atoms with Gasteiger partial charge in [-0.2, -0.15) is 5.10 Å².